The van der Waals surface area contributed by atoms with Crippen LogP contribution in [0.5, 0.6) is 0 Å². The number of aliphatic hydroxyl groups excluding tert-OH is 1. The van der Waals surface area contributed by atoms with Crippen LogP contribution >= 0.6 is 0 Å². The highest BCUT2D eigenvalue weighted by Crippen LogP contribution is 2.32. The van der Waals surface area contributed by atoms with Crippen molar-refractivity contribution in [3.8, 4) is 6.07 Å². The molecule has 2 rings (SSSR count). The van der Waals surface area contributed by atoms with E-state index in [1.54, 1.807) is 6.07 Å². The fourth-order valence-corrected chi connectivity index (χ4v) is 2.38. The summed E-state index contributed by atoms with van der Waals surface area (Å²) >= 11 is 0. The third-order valence-corrected chi connectivity index (χ3v) is 3.13. The molecule has 0 saturated carbocycles. The van der Waals surface area contributed by atoms with Gasteiger partial charge in [-0.25, -0.2) is 4.39 Å². The summed E-state index contributed by atoms with van der Waals surface area (Å²) in [6.45, 7) is 1.18. The Bertz CT molecular complexity index is 430. The standard InChI is InChI=1S/C13H15FN2O/c14-11-4-1-3-10(7-11)13-8-12(17)9-16(13)6-2-5-15/h1,3-4,7,12-13,17H,2,6,8-9H2/t12-,13+/m0/s1. The first-order chi connectivity index (χ1) is 8.20. The number of nitrogens with zero attached hydrogens (tertiary/aromatic N) is 2. The Morgan fingerprint density at radius 1 is 1.53 bits per heavy atom. The van der Waals surface area contributed by atoms with Gasteiger partial charge in [0.25, 0.3) is 0 Å². The van der Waals surface area contributed by atoms with Crippen LogP contribution in [0.1, 0.15) is 24.4 Å². The second kappa shape index (κ2) is 5.26. The van der Waals surface area contributed by atoms with E-state index in [0.29, 0.717) is 25.9 Å². The Balaban J connectivity index is 2.15. The summed E-state index contributed by atoms with van der Waals surface area (Å²) in [5.74, 6) is -0.260. The zero-order chi connectivity index (χ0) is 12.3. The first-order valence-corrected chi connectivity index (χ1v) is 5.75. The van der Waals surface area contributed by atoms with E-state index in [1.165, 1.54) is 12.1 Å². The van der Waals surface area contributed by atoms with Crippen LogP contribution in [0.3, 0.4) is 0 Å². The van der Waals surface area contributed by atoms with Gasteiger partial charge in [0.1, 0.15) is 5.82 Å². The lowest BCUT2D eigenvalue weighted by atomic mass is 10.0. The molecule has 1 aliphatic heterocycles. The van der Waals surface area contributed by atoms with Gasteiger partial charge in [-0.3, -0.25) is 4.90 Å². The number of β-amino-alcohol motifs (C(OH)–C–C–N with tert-alkyl or cyclic N) is 1. The molecule has 17 heavy (non-hydrogen) atoms. The van der Waals surface area contributed by atoms with Crippen LogP contribution in [0.4, 0.5) is 4.39 Å². The maximum absolute atomic E-state index is 13.2. The molecule has 1 aliphatic rings. The molecule has 0 amide bonds. The van der Waals surface area contributed by atoms with Gasteiger partial charge in [0.2, 0.25) is 0 Å². The van der Waals surface area contributed by atoms with Gasteiger partial charge in [-0.05, 0) is 24.1 Å². The first kappa shape index (κ1) is 12.0. The van der Waals surface area contributed by atoms with Crippen molar-refractivity contribution < 1.29 is 9.50 Å². The highest BCUT2D eigenvalue weighted by molar-refractivity contribution is 5.21. The number of aliphatic hydroxyl groups is 1. The van der Waals surface area contributed by atoms with E-state index in [4.69, 9.17) is 5.26 Å². The van der Waals surface area contributed by atoms with Crippen LogP contribution in [-0.4, -0.2) is 29.2 Å². The summed E-state index contributed by atoms with van der Waals surface area (Å²) in [6.07, 6.45) is 0.648. The predicted octanol–water partition coefficient (Wildman–Crippen LogP) is 1.85. The van der Waals surface area contributed by atoms with Gasteiger partial charge >= 0.3 is 0 Å². The lowest BCUT2D eigenvalue weighted by Gasteiger charge is -2.23. The van der Waals surface area contributed by atoms with Crippen LogP contribution in [0.25, 0.3) is 0 Å². The molecule has 1 aromatic carbocycles. The van der Waals surface area contributed by atoms with Crippen molar-refractivity contribution in [1.29, 1.82) is 5.26 Å². The monoisotopic (exact) mass is 234 g/mol. The fraction of sp³-hybridized carbons (Fsp3) is 0.462. The molecule has 1 fully saturated rings. The maximum atomic E-state index is 13.2. The maximum Gasteiger partial charge on any atom is 0.123 e. The molecular weight excluding hydrogens is 219 g/mol. The Morgan fingerprint density at radius 3 is 3.06 bits per heavy atom. The van der Waals surface area contributed by atoms with Crippen molar-refractivity contribution in [2.45, 2.75) is 25.0 Å². The van der Waals surface area contributed by atoms with E-state index < -0.39 is 0 Å². The molecular formula is C13H15FN2O. The van der Waals surface area contributed by atoms with Gasteiger partial charge in [0.05, 0.1) is 12.2 Å². The second-order valence-electron chi connectivity index (χ2n) is 4.36. The minimum Gasteiger partial charge on any atom is -0.392 e. The van der Waals surface area contributed by atoms with E-state index in [2.05, 4.69) is 6.07 Å². The summed E-state index contributed by atoms with van der Waals surface area (Å²) in [5.41, 5.74) is 0.875. The zero-order valence-corrected chi connectivity index (χ0v) is 9.51. The number of hydrogen-bond acceptors (Lipinski definition) is 3. The number of nitriles is 1. The summed E-state index contributed by atoms with van der Waals surface area (Å²) in [6, 6.07) is 8.58. The normalized spacial score (nSPS) is 24.8. The topological polar surface area (TPSA) is 47.3 Å². The number of benzene rings is 1. The molecule has 1 saturated heterocycles. The minimum atomic E-state index is -0.387. The van der Waals surface area contributed by atoms with Gasteiger partial charge in [0.15, 0.2) is 0 Å². The van der Waals surface area contributed by atoms with Crippen molar-refractivity contribution in [2.24, 2.45) is 0 Å². The average Bonchev–Trinajstić information content (AvgIpc) is 2.68. The van der Waals surface area contributed by atoms with Crippen LogP contribution in [0.2, 0.25) is 0 Å². The van der Waals surface area contributed by atoms with Crippen LogP contribution in [0, 0.1) is 17.1 Å². The summed E-state index contributed by atoms with van der Waals surface area (Å²) in [5, 5.41) is 18.3. The Kier molecular flexibility index (Phi) is 3.72. The number of halogens is 1. The van der Waals surface area contributed by atoms with Crippen LogP contribution in [0.15, 0.2) is 24.3 Å². The zero-order valence-electron chi connectivity index (χ0n) is 9.51. The number of hydrogen-bond donors (Lipinski definition) is 1. The molecule has 1 N–H and O–H groups in total. The summed E-state index contributed by atoms with van der Waals surface area (Å²) in [4.78, 5) is 2.04. The molecule has 0 aliphatic carbocycles. The Hall–Kier alpha value is -1.44. The van der Waals surface area contributed by atoms with E-state index in [1.807, 2.05) is 11.0 Å². The molecule has 90 valence electrons. The number of likely N-dealkylation sites (tertiary alicyclic amines) is 1. The molecule has 0 spiro atoms. The molecule has 0 radical (unpaired) electrons. The van der Waals surface area contributed by atoms with Crippen molar-refractivity contribution in [2.75, 3.05) is 13.1 Å². The summed E-state index contributed by atoms with van der Waals surface area (Å²) in [7, 11) is 0. The van der Waals surface area contributed by atoms with Crippen molar-refractivity contribution >= 4 is 0 Å². The van der Waals surface area contributed by atoms with E-state index in [9.17, 15) is 9.50 Å². The lowest BCUT2D eigenvalue weighted by Crippen LogP contribution is -2.25. The molecule has 4 heteroatoms. The molecule has 0 aromatic heterocycles. The average molecular weight is 234 g/mol. The second-order valence-corrected chi connectivity index (χ2v) is 4.36. The van der Waals surface area contributed by atoms with Gasteiger partial charge < -0.3 is 5.11 Å². The Morgan fingerprint density at radius 2 is 2.35 bits per heavy atom. The van der Waals surface area contributed by atoms with E-state index in [0.717, 1.165) is 5.56 Å². The van der Waals surface area contributed by atoms with Crippen molar-refractivity contribution in [3.05, 3.63) is 35.6 Å². The molecule has 0 unspecified atom stereocenters. The lowest BCUT2D eigenvalue weighted by molar-refractivity contribution is 0.176. The van der Waals surface area contributed by atoms with Crippen LogP contribution in [-0.2, 0) is 0 Å². The quantitative estimate of drug-likeness (QED) is 0.868. The fourth-order valence-electron chi connectivity index (χ4n) is 2.38. The SMILES string of the molecule is N#CCCN1C[C@@H](O)C[C@@H]1c1cccc(F)c1. The minimum absolute atomic E-state index is 0.0223. The van der Waals surface area contributed by atoms with Gasteiger partial charge in [-0.1, -0.05) is 12.1 Å². The largest absolute Gasteiger partial charge is 0.392 e. The third kappa shape index (κ3) is 2.82. The van der Waals surface area contributed by atoms with Crippen molar-refractivity contribution in [3.63, 3.8) is 0 Å². The molecule has 1 aromatic rings. The van der Waals surface area contributed by atoms with Crippen molar-refractivity contribution in [1.82, 2.24) is 4.90 Å². The predicted molar refractivity (Wildman–Crippen MR) is 61.6 cm³/mol. The van der Waals surface area contributed by atoms with Gasteiger partial charge in [0, 0.05) is 25.6 Å². The molecule has 0 bridgehead atoms. The highest BCUT2D eigenvalue weighted by Gasteiger charge is 2.31. The molecule has 3 nitrogen and oxygen atoms in total. The van der Waals surface area contributed by atoms with E-state index >= 15 is 0 Å². The molecule has 2 atom stereocenters. The van der Waals surface area contributed by atoms with Gasteiger partial charge in [-0.15, -0.1) is 0 Å². The number of rotatable bonds is 3. The Labute approximate surface area is 100 Å². The van der Waals surface area contributed by atoms with Crippen LogP contribution < -0.4 is 0 Å². The highest BCUT2D eigenvalue weighted by atomic mass is 19.1. The first-order valence-electron chi connectivity index (χ1n) is 5.75. The third-order valence-electron chi connectivity index (χ3n) is 3.13. The molecule has 1 heterocycles. The summed E-state index contributed by atoms with van der Waals surface area (Å²) < 4.78 is 13.2. The van der Waals surface area contributed by atoms with Gasteiger partial charge in [-0.2, -0.15) is 5.26 Å². The van der Waals surface area contributed by atoms with E-state index in [-0.39, 0.29) is 18.0 Å². The smallest absolute Gasteiger partial charge is 0.123 e.